The molecule has 0 N–H and O–H groups in total. The molecule has 0 aromatic heterocycles. The molecule has 0 aliphatic heterocycles. The summed E-state index contributed by atoms with van der Waals surface area (Å²) in [5, 5.41) is 2.80. The van der Waals surface area contributed by atoms with E-state index in [4.69, 9.17) is 4.74 Å². The molecular weight excluding hydrogens is 376 g/mol. The minimum Gasteiger partial charge on any atom is -0.490 e. The molecule has 2 aromatic rings. The number of allylic oxidation sites excluding steroid dienone is 6. The predicted octanol–water partition coefficient (Wildman–Crippen LogP) is 6.16. The molecule has 1 saturated carbocycles. The van der Waals surface area contributed by atoms with Crippen molar-refractivity contribution in [2.24, 2.45) is 0 Å². The number of hydrogen-bond acceptors (Lipinski definition) is 1. The second-order valence-electron chi connectivity index (χ2n) is 9.52. The third-order valence-corrected chi connectivity index (χ3v) is 7.48. The number of aryl methyl sites for hydroxylation is 1. The smallest absolute Gasteiger partial charge is 0.120 e. The quantitative estimate of drug-likeness (QED) is 0.593. The first-order valence-corrected chi connectivity index (χ1v) is 12.0. The molecule has 1 heteroatoms. The fraction of sp³-hybridized carbons (Fsp3) is 0.333. The van der Waals surface area contributed by atoms with E-state index in [1.807, 2.05) is 0 Å². The lowest BCUT2D eigenvalue weighted by Crippen LogP contribution is -2.32. The average Bonchev–Trinajstić information content (AvgIpc) is 3.32. The van der Waals surface area contributed by atoms with Crippen LogP contribution in [0.4, 0.5) is 0 Å². The van der Waals surface area contributed by atoms with Gasteiger partial charge in [0.05, 0.1) is 6.10 Å². The highest BCUT2D eigenvalue weighted by Crippen LogP contribution is 2.42. The Morgan fingerprint density at radius 2 is 1.61 bits per heavy atom. The molecule has 0 spiro atoms. The fourth-order valence-corrected chi connectivity index (χ4v) is 5.76. The van der Waals surface area contributed by atoms with E-state index in [-0.39, 0.29) is 0 Å². The summed E-state index contributed by atoms with van der Waals surface area (Å²) in [6.07, 6.45) is 17.1. The maximum atomic E-state index is 6.33. The summed E-state index contributed by atoms with van der Waals surface area (Å²) < 4.78 is 6.33. The minimum atomic E-state index is 0.415. The largest absolute Gasteiger partial charge is 0.490 e. The van der Waals surface area contributed by atoms with Crippen LogP contribution < -0.4 is 15.2 Å². The second kappa shape index (κ2) is 7.71. The van der Waals surface area contributed by atoms with Gasteiger partial charge in [0.1, 0.15) is 5.75 Å². The maximum Gasteiger partial charge on any atom is 0.120 e. The van der Waals surface area contributed by atoms with Crippen molar-refractivity contribution in [1.82, 2.24) is 0 Å². The Balaban J connectivity index is 1.37. The molecule has 1 nitrogen and oxygen atoms in total. The molecule has 1 fully saturated rings. The molecule has 0 unspecified atom stereocenters. The first-order chi connectivity index (χ1) is 15.2. The fourth-order valence-electron chi connectivity index (χ4n) is 5.76. The van der Waals surface area contributed by atoms with Gasteiger partial charge < -0.3 is 4.74 Å². The highest BCUT2D eigenvalue weighted by Gasteiger charge is 2.25. The van der Waals surface area contributed by atoms with Crippen molar-refractivity contribution in [3.05, 3.63) is 92.9 Å². The Morgan fingerprint density at radius 3 is 2.45 bits per heavy atom. The number of hydrogen-bond donors (Lipinski definition) is 0. The zero-order chi connectivity index (χ0) is 20.8. The van der Waals surface area contributed by atoms with Crippen LogP contribution in [0.25, 0.3) is 17.2 Å². The molecule has 31 heavy (non-hydrogen) atoms. The Labute approximate surface area is 185 Å². The lowest BCUT2D eigenvalue weighted by molar-refractivity contribution is 0.210. The van der Waals surface area contributed by atoms with Gasteiger partial charge in [0.15, 0.2) is 0 Å². The lowest BCUT2D eigenvalue weighted by atomic mass is 9.75. The van der Waals surface area contributed by atoms with Gasteiger partial charge in [-0.1, -0.05) is 54.1 Å². The molecule has 0 saturated heterocycles. The Kier molecular flexibility index (Phi) is 4.71. The number of rotatable bonds is 3. The van der Waals surface area contributed by atoms with Gasteiger partial charge in [-0.05, 0) is 114 Å². The van der Waals surface area contributed by atoms with Crippen LogP contribution >= 0.6 is 0 Å². The van der Waals surface area contributed by atoms with Gasteiger partial charge in [-0.25, -0.2) is 0 Å². The average molecular weight is 407 g/mol. The van der Waals surface area contributed by atoms with Crippen LogP contribution in [0.3, 0.4) is 0 Å². The van der Waals surface area contributed by atoms with Crippen molar-refractivity contribution in [3.63, 3.8) is 0 Å². The first-order valence-electron chi connectivity index (χ1n) is 12.0. The van der Waals surface area contributed by atoms with Crippen LogP contribution in [0.2, 0.25) is 0 Å². The Morgan fingerprint density at radius 1 is 0.806 bits per heavy atom. The molecule has 0 bridgehead atoms. The van der Waals surface area contributed by atoms with Crippen molar-refractivity contribution >= 4 is 17.2 Å². The van der Waals surface area contributed by atoms with E-state index in [9.17, 15) is 0 Å². The summed E-state index contributed by atoms with van der Waals surface area (Å²) in [6.45, 7) is 2.15. The molecule has 2 aromatic carbocycles. The third-order valence-electron chi connectivity index (χ3n) is 7.48. The summed E-state index contributed by atoms with van der Waals surface area (Å²) in [6, 6.07) is 15.7. The van der Waals surface area contributed by atoms with Crippen LogP contribution in [0.5, 0.6) is 5.75 Å². The zero-order valence-corrected chi connectivity index (χ0v) is 18.4. The molecule has 0 atom stereocenters. The normalized spacial score (nSPS) is 20.4. The van der Waals surface area contributed by atoms with E-state index < -0.39 is 0 Å². The molecule has 4 aliphatic rings. The van der Waals surface area contributed by atoms with Gasteiger partial charge in [0, 0.05) is 0 Å². The number of ether oxygens (including phenoxy) is 1. The van der Waals surface area contributed by atoms with E-state index >= 15 is 0 Å². The van der Waals surface area contributed by atoms with Gasteiger partial charge in [0.2, 0.25) is 0 Å². The molecule has 6 rings (SSSR count). The minimum absolute atomic E-state index is 0.415. The second-order valence-corrected chi connectivity index (χ2v) is 9.52. The van der Waals surface area contributed by atoms with Crippen molar-refractivity contribution in [2.45, 2.75) is 64.4 Å². The monoisotopic (exact) mass is 406 g/mol. The van der Waals surface area contributed by atoms with E-state index in [0.29, 0.717) is 6.10 Å². The predicted molar refractivity (Wildman–Crippen MR) is 129 cm³/mol. The van der Waals surface area contributed by atoms with Crippen molar-refractivity contribution in [3.8, 4) is 5.75 Å². The van der Waals surface area contributed by atoms with E-state index in [1.165, 1.54) is 52.8 Å². The summed E-state index contributed by atoms with van der Waals surface area (Å²) in [5.74, 6) is 1.06. The molecule has 156 valence electrons. The topological polar surface area (TPSA) is 9.23 Å². The van der Waals surface area contributed by atoms with Crippen LogP contribution in [-0.2, 0) is 0 Å². The lowest BCUT2D eigenvalue weighted by Gasteiger charge is -2.29. The molecule has 4 aliphatic carbocycles. The van der Waals surface area contributed by atoms with E-state index in [2.05, 4.69) is 67.6 Å². The molecule has 0 radical (unpaired) electrons. The SMILES string of the molecule is Cc1ccc(C2=CCC3=C4CC=c5ccc(OC6CCCC6)cc5=C4CCC3=C2)cc1. The Hall–Kier alpha value is -2.80. The molecule has 0 amide bonds. The van der Waals surface area contributed by atoms with E-state index in [1.54, 1.807) is 22.3 Å². The third kappa shape index (κ3) is 3.51. The standard InChI is InChI=1S/C30H30O/c1-20-6-8-21(9-7-20)23-12-15-27-24(18-23)13-17-29-28(27)16-11-22-10-14-26(19-30(22)29)31-25-4-2-3-5-25/h6-12,14,18-19,25H,2-5,13,15-17H2,1H3. The highest BCUT2D eigenvalue weighted by atomic mass is 16.5. The summed E-state index contributed by atoms with van der Waals surface area (Å²) in [7, 11) is 0. The van der Waals surface area contributed by atoms with Crippen molar-refractivity contribution in [1.29, 1.82) is 0 Å². The maximum absolute atomic E-state index is 6.33. The van der Waals surface area contributed by atoms with Crippen molar-refractivity contribution < 1.29 is 4.74 Å². The number of benzene rings is 2. The number of fused-ring (bicyclic) bond motifs is 3. The molecule has 0 heterocycles. The first kappa shape index (κ1) is 18.9. The summed E-state index contributed by atoms with van der Waals surface area (Å²) in [4.78, 5) is 0. The van der Waals surface area contributed by atoms with Crippen LogP contribution in [0.1, 0.15) is 62.5 Å². The van der Waals surface area contributed by atoms with Gasteiger partial charge in [-0.3, -0.25) is 0 Å². The van der Waals surface area contributed by atoms with Crippen LogP contribution in [0, 0.1) is 6.92 Å². The van der Waals surface area contributed by atoms with Crippen LogP contribution in [0.15, 0.2) is 71.3 Å². The highest BCUT2D eigenvalue weighted by molar-refractivity contribution is 5.82. The molecular formula is C30H30O. The zero-order valence-electron chi connectivity index (χ0n) is 18.4. The Bertz CT molecular complexity index is 1240. The van der Waals surface area contributed by atoms with Crippen LogP contribution in [-0.4, -0.2) is 6.10 Å². The summed E-state index contributed by atoms with van der Waals surface area (Å²) >= 11 is 0. The van der Waals surface area contributed by atoms with Gasteiger partial charge in [-0.2, -0.15) is 0 Å². The van der Waals surface area contributed by atoms with Gasteiger partial charge in [0.25, 0.3) is 0 Å². The summed E-state index contributed by atoms with van der Waals surface area (Å²) in [5.41, 5.74) is 10.3. The van der Waals surface area contributed by atoms with Gasteiger partial charge in [-0.15, -0.1) is 0 Å². The van der Waals surface area contributed by atoms with Gasteiger partial charge >= 0.3 is 0 Å². The van der Waals surface area contributed by atoms with E-state index in [0.717, 1.165) is 31.4 Å². The van der Waals surface area contributed by atoms with Crippen molar-refractivity contribution in [2.75, 3.05) is 0 Å².